The zero-order valence-electron chi connectivity index (χ0n) is 9.76. The smallest absolute Gasteiger partial charge is 0.323 e. The second-order valence-corrected chi connectivity index (χ2v) is 5.04. The third kappa shape index (κ3) is 1.65. The molecule has 4 nitrogen and oxygen atoms in total. The van der Waals surface area contributed by atoms with E-state index in [2.05, 4.69) is 0 Å². The van der Waals surface area contributed by atoms with E-state index in [-0.39, 0.29) is 5.92 Å². The van der Waals surface area contributed by atoms with Gasteiger partial charge in [-0.15, -0.1) is 11.3 Å². The minimum atomic E-state index is -1.13. The summed E-state index contributed by atoms with van der Waals surface area (Å²) >= 11 is 1.55. The maximum Gasteiger partial charge on any atom is 0.323 e. The van der Waals surface area contributed by atoms with E-state index in [1.807, 2.05) is 17.5 Å². The van der Waals surface area contributed by atoms with Crippen LogP contribution in [0.3, 0.4) is 0 Å². The topological polar surface area (TPSA) is 52.6 Å². The van der Waals surface area contributed by atoms with Crippen molar-refractivity contribution in [2.45, 2.75) is 18.8 Å². The number of thiophene rings is 1. The number of carbonyl (C=O) groups excluding carboxylic acids is 2. The number of methoxy groups -OCH3 is 2. The number of ether oxygens (including phenoxy) is 2. The largest absolute Gasteiger partial charge is 0.468 e. The minimum absolute atomic E-state index is 0.109. The van der Waals surface area contributed by atoms with E-state index in [9.17, 15) is 9.59 Å². The van der Waals surface area contributed by atoms with Crippen LogP contribution in [0.2, 0.25) is 0 Å². The van der Waals surface area contributed by atoms with Gasteiger partial charge in [0.1, 0.15) is 0 Å². The van der Waals surface area contributed by atoms with Crippen molar-refractivity contribution in [1.29, 1.82) is 0 Å². The van der Waals surface area contributed by atoms with Gasteiger partial charge < -0.3 is 9.47 Å². The predicted octanol–water partition coefficient (Wildman–Crippen LogP) is 1.96. The second-order valence-electron chi connectivity index (χ2n) is 4.06. The third-order valence-corrected chi connectivity index (χ3v) is 4.39. The second kappa shape index (κ2) is 4.49. The molecule has 17 heavy (non-hydrogen) atoms. The summed E-state index contributed by atoms with van der Waals surface area (Å²) in [5.74, 6) is -1.09. The van der Waals surface area contributed by atoms with Gasteiger partial charge in [0.05, 0.1) is 14.2 Å². The first-order valence-electron chi connectivity index (χ1n) is 5.37. The fraction of sp³-hybridized carbons (Fsp3) is 0.500. The first-order valence-corrected chi connectivity index (χ1v) is 6.25. The maximum atomic E-state index is 11.9. The van der Waals surface area contributed by atoms with Crippen LogP contribution in [0.1, 0.15) is 23.6 Å². The standard InChI is InChI=1S/C12H14O4S/c1-15-10(13)12(11(14)16-2)6-5-8(12)9-4-3-7-17-9/h3-4,7-8H,5-6H2,1-2H3/t8-/m1/s1. The van der Waals surface area contributed by atoms with Crippen molar-refractivity contribution in [2.24, 2.45) is 5.41 Å². The fourth-order valence-electron chi connectivity index (χ4n) is 2.39. The average Bonchev–Trinajstić information content (AvgIpc) is 2.81. The molecule has 0 radical (unpaired) electrons. The van der Waals surface area contributed by atoms with Crippen molar-refractivity contribution < 1.29 is 19.1 Å². The molecule has 1 aromatic rings. The monoisotopic (exact) mass is 254 g/mol. The molecule has 1 heterocycles. The molecule has 0 amide bonds. The number of rotatable bonds is 3. The molecule has 1 aliphatic rings. The zero-order valence-corrected chi connectivity index (χ0v) is 10.6. The molecule has 1 aliphatic carbocycles. The fourth-order valence-corrected chi connectivity index (χ4v) is 3.34. The lowest BCUT2D eigenvalue weighted by Gasteiger charge is -2.43. The Morgan fingerprint density at radius 3 is 2.35 bits per heavy atom. The van der Waals surface area contributed by atoms with Crippen molar-refractivity contribution in [3.05, 3.63) is 22.4 Å². The molecule has 5 heteroatoms. The Morgan fingerprint density at radius 1 is 1.35 bits per heavy atom. The first kappa shape index (κ1) is 12.1. The van der Waals surface area contributed by atoms with Crippen molar-refractivity contribution in [1.82, 2.24) is 0 Å². The highest BCUT2D eigenvalue weighted by Gasteiger charge is 2.61. The summed E-state index contributed by atoms with van der Waals surface area (Å²) < 4.78 is 9.55. The quantitative estimate of drug-likeness (QED) is 0.611. The van der Waals surface area contributed by atoms with E-state index in [4.69, 9.17) is 9.47 Å². The minimum Gasteiger partial charge on any atom is -0.468 e. The Labute approximate surface area is 104 Å². The molecular formula is C12H14O4S. The first-order chi connectivity index (χ1) is 8.16. The Kier molecular flexibility index (Phi) is 3.19. The Morgan fingerprint density at radius 2 is 2.00 bits per heavy atom. The summed E-state index contributed by atoms with van der Waals surface area (Å²) in [5, 5.41) is 1.94. The highest BCUT2D eigenvalue weighted by molar-refractivity contribution is 7.10. The summed E-state index contributed by atoms with van der Waals surface area (Å²) in [7, 11) is 2.60. The zero-order chi connectivity index (χ0) is 12.5. The van der Waals surface area contributed by atoms with E-state index in [1.54, 1.807) is 11.3 Å². The van der Waals surface area contributed by atoms with Crippen LogP contribution in [0.4, 0.5) is 0 Å². The molecule has 0 N–H and O–H groups in total. The molecule has 2 rings (SSSR count). The molecule has 1 atom stereocenters. The van der Waals surface area contributed by atoms with Gasteiger partial charge in [0.25, 0.3) is 0 Å². The Balaban J connectivity index is 2.36. The summed E-state index contributed by atoms with van der Waals surface area (Å²) in [6.07, 6.45) is 1.31. The number of esters is 2. The SMILES string of the molecule is COC(=O)C1(C(=O)OC)CC[C@@H]1c1cccs1. The van der Waals surface area contributed by atoms with Gasteiger partial charge in [-0.2, -0.15) is 0 Å². The predicted molar refractivity (Wildman–Crippen MR) is 62.8 cm³/mol. The lowest BCUT2D eigenvalue weighted by molar-refractivity contribution is -0.178. The molecule has 92 valence electrons. The number of hydrogen-bond donors (Lipinski definition) is 0. The number of hydrogen-bond acceptors (Lipinski definition) is 5. The van der Waals surface area contributed by atoms with Gasteiger partial charge in [-0.3, -0.25) is 9.59 Å². The molecule has 0 unspecified atom stereocenters. The Bertz CT molecular complexity index is 408. The van der Waals surface area contributed by atoms with Gasteiger partial charge in [-0.1, -0.05) is 6.07 Å². The highest BCUT2D eigenvalue weighted by atomic mass is 32.1. The van der Waals surface area contributed by atoms with Gasteiger partial charge in [0, 0.05) is 10.8 Å². The maximum absolute atomic E-state index is 11.9. The van der Waals surface area contributed by atoms with Crippen molar-refractivity contribution in [3.63, 3.8) is 0 Å². The van der Waals surface area contributed by atoms with Gasteiger partial charge in [-0.05, 0) is 24.3 Å². The normalized spacial score (nSPS) is 21.4. The molecule has 0 saturated heterocycles. The molecule has 0 spiro atoms. The summed E-state index contributed by atoms with van der Waals surface area (Å²) in [5.41, 5.74) is -1.13. The van der Waals surface area contributed by atoms with E-state index in [1.165, 1.54) is 14.2 Å². The molecule has 1 fully saturated rings. The molecule has 0 bridgehead atoms. The molecule has 0 aromatic carbocycles. The van der Waals surface area contributed by atoms with E-state index in [0.717, 1.165) is 11.3 Å². The van der Waals surface area contributed by atoms with Crippen molar-refractivity contribution in [2.75, 3.05) is 14.2 Å². The van der Waals surface area contributed by atoms with Crippen LogP contribution in [0.15, 0.2) is 17.5 Å². The van der Waals surface area contributed by atoms with Crippen molar-refractivity contribution in [3.8, 4) is 0 Å². The van der Waals surface area contributed by atoms with E-state index in [0.29, 0.717) is 6.42 Å². The molecular weight excluding hydrogens is 240 g/mol. The average molecular weight is 254 g/mol. The summed E-state index contributed by atoms with van der Waals surface area (Å²) in [6.45, 7) is 0. The van der Waals surface area contributed by atoms with Crippen LogP contribution < -0.4 is 0 Å². The third-order valence-electron chi connectivity index (χ3n) is 3.41. The van der Waals surface area contributed by atoms with Crippen molar-refractivity contribution >= 4 is 23.3 Å². The van der Waals surface area contributed by atoms with Gasteiger partial charge >= 0.3 is 11.9 Å². The summed E-state index contributed by atoms with van der Waals surface area (Å²) in [4.78, 5) is 24.8. The van der Waals surface area contributed by atoms with Crippen LogP contribution in [-0.4, -0.2) is 26.2 Å². The van der Waals surface area contributed by atoms with Crippen LogP contribution in [0.25, 0.3) is 0 Å². The van der Waals surface area contributed by atoms with Crippen LogP contribution in [0.5, 0.6) is 0 Å². The molecule has 1 saturated carbocycles. The van der Waals surface area contributed by atoms with E-state index >= 15 is 0 Å². The number of carbonyl (C=O) groups is 2. The molecule has 0 aliphatic heterocycles. The van der Waals surface area contributed by atoms with Gasteiger partial charge in [0.15, 0.2) is 5.41 Å². The van der Waals surface area contributed by atoms with Crippen LogP contribution >= 0.6 is 11.3 Å². The van der Waals surface area contributed by atoms with Gasteiger partial charge in [0.2, 0.25) is 0 Å². The Hall–Kier alpha value is -1.36. The summed E-state index contributed by atoms with van der Waals surface area (Å²) in [6, 6.07) is 3.85. The lowest BCUT2D eigenvalue weighted by atomic mass is 9.59. The van der Waals surface area contributed by atoms with Gasteiger partial charge in [-0.25, -0.2) is 0 Å². The highest BCUT2D eigenvalue weighted by Crippen LogP contribution is 2.55. The van der Waals surface area contributed by atoms with Crippen LogP contribution in [-0.2, 0) is 19.1 Å². The van der Waals surface area contributed by atoms with Crippen LogP contribution in [0, 0.1) is 5.41 Å². The van der Waals surface area contributed by atoms with E-state index < -0.39 is 17.4 Å². The molecule has 1 aromatic heterocycles. The lowest BCUT2D eigenvalue weighted by Crippen LogP contribution is -2.52.